The van der Waals surface area contributed by atoms with Gasteiger partial charge in [0.25, 0.3) is 0 Å². The summed E-state index contributed by atoms with van der Waals surface area (Å²) in [7, 11) is 0. The molecule has 1 saturated heterocycles. The van der Waals surface area contributed by atoms with Crippen molar-refractivity contribution < 1.29 is 0 Å². The van der Waals surface area contributed by atoms with Gasteiger partial charge in [-0.3, -0.25) is 4.90 Å². The van der Waals surface area contributed by atoms with E-state index in [0.29, 0.717) is 5.56 Å². The van der Waals surface area contributed by atoms with E-state index < -0.39 is 0 Å². The van der Waals surface area contributed by atoms with Gasteiger partial charge in [-0.2, -0.15) is 5.26 Å². The number of fused-ring (bicyclic) bond motifs is 1. The average molecular weight is 289 g/mol. The monoisotopic (exact) mass is 288 g/mol. The minimum absolute atomic E-state index is 0.646. The quantitative estimate of drug-likeness (QED) is 0.808. The van der Waals surface area contributed by atoms with E-state index in [1.807, 2.05) is 12.1 Å². The van der Waals surface area contributed by atoms with E-state index in [9.17, 15) is 0 Å². The summed E-state index contributed by atoms with van der Waals surface area (Å²) in [5, 5.41) is 9.65. The molecule has 106 valence electrons. The van der Waals surface area contributed by atoms with Gasteiger partial charge in [-0.05, 0) is 55.8 Å². The number of hydrogen-bond donors (Lipinski definition) is 0. The van der Waals surface area contributed by atoms with Crippen molar-refractivity contribution in [1.29, 1.82) is 5.26 Å². The molecule has 0 unspecified atom stereocenters. The number of likely N-dealkylation sites (tertiary alicyclic amines) is 1. The highest BCUT2D eigenvalue weighted by Crippen LogP contribution is 2.36. The van der Waals surface area contributed by atoms with E-state index in [1.54, 1.807) is 6.07 Å². The standard InChI is InChI=1S/C17H21ClN2/c18-16-10-13(11-19)7-8-15(16)12-20-9-3-5-14-4-1-2-6-17(14)20/h7-8,10,14,17H,1-6,9,12H2/t14-,17-/m1/s1. The Kier molecular flexibility index (Phi) is 4.29. The molecule has 0 radical (unpaired) electrons. The van der Waals surface area contributed by atoms with Crippen molar-refractivity contribution in [2.24, 2.45) is 5.92 Å². The van der Waals surface area contributed by atoms with E-state index >= 15 is 0 Å². The normalized spacial score (nSPS) is 26.8. The van der Waals surface area contributed by atoms with Crippen LogP contribution in [-0.4, -0.2) is 17.5 Å². The topological polar surface area (TPSA) is 27.0 Å². The first-order valence-corrected chi connectivity index (χ1v) is 8.08. The van der Waals surface area contributed by atoms with Gasteiger partial charge in [0, 0.05) is 17.6 Å². The van der Waals surface area contributed by atoms with E-state index in [1.165, 1.54) is 45.1 Å². The third kappa shape index (κ3) is 2.85. The highest BCUT2D eigenvalue weighted by Gasteiger charge is 2.33. The molecule has 1 heterocycles. The number of halogens is 1. The zero-order chi connectivity index (χ0) is 13.9. The molecule has 0 aromatic heterocycles. The van der Waals surface area contributed by atoms with Crippen molar-refractivity contribution >= 4 is 11.6 Å². The van der Waals surface area contributed by atoms with Crippen LogP contribution < -0.4 is 0 Å². The smallest absolute Gasteiger partial charge is 0.0992 e. The molecule has 3 heteroatoms. The molecule has 1 aromatic rings. The van der Waals surface area contributed by atoms with Crippen LogP contribution in [-0.2, 0) is 6.54 Å². The lowest BCUT2D eigenvalue weighted by atomic mass is 9.78. The lowest BCUT2D eigenvalue weighted by molar-refractivity contribution is 0.0547. The lowest BCUT2D eigenvalue weighted by Gasteiger charge is -2.44. The second-order valence-corrected chi connectivity index (χ2v) is 6.55. The SMILES string of the molecule is N#Cc1ccc(CN2CCC[C@H]3CCCC[C@H]32)c(Cl)c1. The van der Waals surface area contributed by atoms with E-state index in [-0.39, 0.29) is 0 Å². The number of nitrogens with zero attached hydrogens (tertiary/aromatic N) is 2. The van der Waals surface area contributed by atoms with Crippen molar-refractivity contribution in [2.45, 2.75) is 51.1 Å². The second-order valence-electron chi connectivity index (χ2n) is 6.14. The Morgan fingerprint density at radius 2 is 2.00 bits per heavy atom. The van der Waals surface area contributed by atoms with Crippen molar-refractivity contribution in [3.8, 4) is 6.07 Å². The average Bonchev–Trinajstić information content (AvgIpc) is 2.49. The molecule has 2 atom stereocenters. The van der Waals surface area contributed by atoms with Gasteiger partial charge in [-0.1, -0.05) is 30.5 Å². The molecule has 2 nitrogen and oxygen atoms in total. The highest BCUT2D eigenvalue weighted by molar-refractivity contribution is 6.31. The first-order valence-electron chi connectivity index (χ1n) is 7.70. The Hall–Kier alpha value is -1.04. The fraction of sp³-hybridized carbons (Fsp3) is 0.588. The fourth-order valence-corrected chi connectivity index (χ4v) is 4.13. The van der Waals surface area contributed by atoms with Gasteiger partial charge in [0.05, 0.1) is 11.6 Å². The molecule has 1 aliphatic carbocycles. The minimum atomic E-state index is 0.646. The van der Waals surface area contributed by atoms with Gasteiger partial charge in [0.15, 0.2) is 0 Å². The van der Waals surface area contributed by atoms with Gasteiger partial charge in [0.2, 0.25) is 0 Å². The summed E-state index contributed by atoms with van der Waals surface area (Å²) in [5.74, 6) is 0.898. The van der Waals surface area contributed by atoms with Crippen LogP contribution in [0.25, 0.3) is 0 Å². The van der Waals surface area contributed by atoms with Crippen LogP contribution in [0, 0.1) is 17.2 Å². The molecular formula is C17H21ClN2. The summed E-state index contributed by atoms with van der Waals surface area (Å²) in [4.78, 5) is 2.63. The molecule has 2 fully saturated rings. The number of hydrogen-bond acceptors (Lipinski definition) is 2. The molecule has 20 heavy (non-hydrogen) atoms. The predicted octanol–water partition coefficient (Wildman–Crippen LogP) is 4.37. The summed E-state index contributed by atoms with van der Waals surface area (Å²) in [5.41, 5.74) is 1.81. The van der Waals surface area contributed by atoms with Crippen LogP contribution >= 0.6 is 11.6 Å². The van der Waals surface area contributed by atoms with Crippen molar-refractivity contribution in [3.05, 3.63) is 34.3 Å². The van der Waals surface area contributed by atoms with Crippen molar-refractivity contribution in [1.82, 2.24) is 4.90 Å². The van der Waals surface area contributed by atoms with Crippen LogP contribution in [0.15, 0.2) is 18.2 Å². The summed E-state index contributed by atoms with van der Waals surface area (Å²) in [6.07, 6.45) is 8.25. The first-order chi connectivity index (χ1) is 9.78. The van der Waals surface area contributed by atoms with E-state index in [2.05, 4.69) is 11.0 Å². The van der Waals surface area contributed by atoms with Gasteiger partial charge < -0.3 is 0 Å². The number of piperidine rings is 1. The van der Waals surface area contributed by atoms with Crippen LogP contribution in [0.3, 0.4) is 0 Å². The Morgan fingerprint density at radius 1 is 1.20 bits per heavy atom. The van der Waals surface area contributed by atoms with E-state index in [4.69, 9.17) is 16.9 Å². The molecule has 1 saturated carbocycles. The second kappa shape index (κ2) is 6.16. The Labute approximate surface area is 126 Å². The molecule has 2 aliphatic rings. The molecule has 1 aliphatic heterocycles. The molecule has 0 N–H and O–H groups in total. The molecule has 0 amide bonds. The predicted molar refractivity (Wildman–Crippen MR) is 81.6 cm³/mol. The number of nitriles is 1. The Morgan fingerprint density at radius 3 is 2.80 bits per heavy atom. The largest absolute Gasteiger partial charge is 0.296 e. The van der Waals surface area contributed by atoms with Crippen molar-refractivity contribution in [3.63, 3.8) is 0 Å². The summed E-state index contributed by atoms with van der Waals surface area (Å²) in [6, 6.07) is 8.59. The summed E-state index contributed by atoms with van der Waals surface area (Å²) >= 11 is 6.32. The molecule has 1 aromatic carbocycles. The van der Waals surface area contributed by atoms with Crippen LogP contribution in [0.4, 0.5) is 0 Å². The molecule has 0 spiro atoms. The molecular weight excluding hydrogens is 268 g/mol. The van der Waals surface area contributed by atoms with Gasteiger partial charge in [-0.25, -0.2) is 0 Å². The Bertz CT molecular complexity index is 518. The minimum Gasteiger partial charge on any atom is -0.296 e. The maximum atomic E-state index is 8.91. The maximum absolute atomic E-state index is 8.91. The lowest BCUT2D eigenvalue weighted by Crippen LogP contribution is -2.46. The van der Waals surface area contributed by atoms with Gasteiger partial charge in [-0.15, -0.1) is 0 Å². The number of benzene rings is 1. The zero-order valence-electron chi connectivity index (χ0n) is 11.8. The van der Waals surface area contributed by atoms with Gasteiger partial charge in [0.1, 0.15) is 0 Å². The summed E-state index contributed by atoms with van der Waals surface area (Å²) in [6.45, 7) is 2.13. The van der Waals surface area contributed by atoms with Crippen molar-refractivity contribution in [2.75, 3.05) is 6.54 Å². The van der Waals surface area contributed by atoms with E-state index in [0.717, 1.165) is 29.1 Å². The summed E-state index contributed by atoms with van der Waals surface area (Å²) < 4.78 is 0. The highest BCUT2D eigenvalue weighted by atomic mass is 35.5. The maximum Gasteiger partial charge on any atom is 0.0992 e. The third-order valence-corrected chi connectivity index (χ3v) is 5.27. The van der Waals surface area contributed by atoms with Crippen LogP contribution in [0.1, 0.15) is 49.7 Å². The number of rotatable bonds is 2. The Balaban J connectivity index is 1.74. The van der Waals surface area contributed by atoms with Crippen LogP contribution in [0.5, 0.6) is 0 Å². The fourth-order valence-electron chi connectivity index (χ4n) is 3.89. The van der Waals surface area contributed by atoms with Crippen LogP contribution in [0.2, 0.25) is 5.02 Å². The third-order valence-electron chi connectivity index (χ3n) is 4.91. The van der Waals surface area contributed by atoms with Gasteiger partial charge >= 0.3 is 0 Å². The molecule has 0 bridgehead atoms. The first kappa shape index (κ1) is 13.9. The molecule has 3 rings (SSSR count). The zero-order valence-corrected chi connectivity index (χ0v) is 12.6.